The zero-order chi connectivity index (χ0) is 12.3. The van der Waals surface area contributed by atoms with Gasteiger partial charge in [0.25, 0.3) is 0 Å². The fraction of sp³-hybridized carbons (Fsp3) is 0.769. The Morgan fingerprint density at radius 2 is 2.24 bits per heavy atom. The van der Waals surface area contributed by atoms with Gasteiger partial charge in [-0.05, 0) is 32.4 Å². The molecule has 0 aliphatic heterocycles. The molecule has 4 heteroatoms. The molecule has 2 rings (SSSR count). The normalized spacial score (nSPS) is 24.9. The van der Waals surface area contributed by atoms with Gasteiger partial charge < -0.3 is 10.1 Å². The van der Waals surface area contributed by atoms with Crippen LogP contribution in [0.3, 0.4) is 0 Å². The van der Waals surface area contributed by atoms with Crippen molar-refractivity contribution in [3.63, 3.8) is 0 Å². The number of rotatable bonds is 4. The van der Waals surface area contributed by atoms with E-state index >= 15 is 0 Å². The van der Waals surface area contributed by atoms with Gasteiger partial charge in [0.15, 0.2) is 5.75 Å². The van der Waals surface area contributed by atoms with E-state index < -0.39 is 0 Å². The van der Waals surface area contributed by atoms with E-state index in [4.69, 9.17) is 4.74 Å². The fourth-order valence-corrected chi connectivity index (χ4v) is 3.08. The maximum atomic E-state index is 5.44. The topological polar surface area (TPSA) is 39.1 Å². The molecule has 0 spiro atoms. The van der Waals surface area contributed by atoms with Gasteiger partial charge in [-0.3, -0.25) is 4.68 Å². The van der Waals surface area contributed by atoms with Gasteiger partial charge in [-0.1, -0.05) is 12.8 Å². The largest absolute Gasteiger partial charge is 0.493 e. The first-order valence-electron chi connectivity index (χ1n) is 6.48. The molecule has 17 heavy (non-hydrogen) atoms. The first-order chi connectivity index (χ1) is 8.27. The molecule has 1 heterocycles. The van der Waals surface area contributed by atoms with Crippen LogP contribution in [0.15, 0.2) is 6.20 Å². The summed E-state index contributed by atoms with van der Waals surface area (Å²) >= 11 is 0. The van der Waals surface area contributed by atoms with Crippen molar-refractivity contribution in [2.24, 2.45) is 13.0 Å². The highest BCUT2D eigenvalue weighted by molar-refractivity contribution is 5.29. The Labute approximate surface area is 103 Å². The molecule has 1 aromatic heterocycles. The molecule has 2 unspecified atom stereocenters. The van der Waals surface area contributed by atoms with Gasteiger partial charge in [-0.2, -0.15) is 5.10 Å². The second kappa shape index (κ2) is 5.54. The van der Waals surface area contributed by atoms with Crippen molar-refractivity contribution in [3.8, 4) is 5.75 Å². The SMILES string of the molecule is CNCC1CCCCC1c1c(OC)cnn1C. The fourth-order valence-electron chi connectivity index (χ4n) is 3.08. The quantitative estimate of drug-likeness (QED) is 0.869. The summed E-state index contributed by atoms with van der Waals surface area (Å²) < 4.78 is 7.43. The molecular weight excluding hydrogens is 214 g/mol. The minimum Gasteiger partial charge on any atom is -0.493 e. The van der Waals surface area contributed by atoms with Gasteiger partial charge in [0.2, 0.25) is 0 Å². The van der Waals surface area contributed by atoms with Crippen LogP contribution in [0.1, 0.15) is 37.3 Å². The Bertz CT molecular complexity index is 360. The number of aryl methyl sites for hydroxylation is 1. The van der Waals surface area contributed by atoms with Crippen molar-refractivity contribution in [1.82, 2.24) is 15.1 Å². The monoisotopic (exact) mass is 237 g/mol. The number of nitrogens with one attached hydrogen (secondary N) is 1. The molecule has 0 radical (unpaired) electrons. The molecule has 1 fully saturated rings. The summed E-state index contributed by atoms with van der Waals surface area (Å²) in [5.74, 6) is 2.23. The van der Waals surface area contributed by atoms with Crippen LogP contribution in [0, 0.1) is 5.92 Å². The Morgan fingerprint density at radius 3 is 2.94 bits per heavy atom. The van der Waals surface area contributed by atoms with E-state index in [-0.39, 0.29) is 0 Å². The summed E-state index contributed by atoms with van der Waals surface area (Å²) in [5, 5.41) is 7.64. The highest BCUT2D eigenvalue weighted by Crippen LogP contribution is 2.40. The Kier molecular flexibility index (Phi) is 4.05. The smallest absolute Gasteiger partial charge is 0.160 e. The lowest BCUT2D eigenvalue weighted by molar-refractivity contribution is 0.282. The van der Waals surface area contributed by atoms with Crippen molar-refractivity contribution in [2.45, 2.75) is 31.6 Å². The van der Waals surface area contributed by atoms with Crippen molar-refractivity contribution in [1.29, 1.82) is 0 Å². The van der Waals surface area contributed by atoms with Crippen LogP contribution in [-0.2, 0) is 7.05 Å². The molecule has 0 aromatic carbocycles. The van der Waals surface area contributed by atoms with Gasteiger partial charge in [-0.15, -0.1) is 0 Å². The maximum Gasteiger partial charge on any atom is 0.160 e. The second-order valence-electron chi connectivity index (χ2n) is 4.93. The van der Waals surface area contributed by atoms with Crippen LogP contribution < -0.4 is 10.1 Å². The third-order valence-corrected chi connectivity index (χ3v) is 3.90. The highest BCUT2D eigenvalue weighted by atomic mass is 16.5. The van der Waals surface area contributed by atoms with Crippen molar-refractivity contribution in [2.75, 3.05) is 20.7 Å². The number of aromatic nitrogens is 2. The average Bonchev–Trinajstić information content (AvgIpc) is 2.72. The Balaban J connectivity index is 2.25. The zero-order valence-electron chi connectivity index (χ0n) is 11.1. The summed E-state index contributed by atoms with van der Waals surface area (Å²) in [6.07, 6.45) is 7.06. The van der Waals surface area contributed by atoms with Gasteiger partial charge in [0.05, 0.1) is 19.0 Å². The number of nitrogens with zero attached hydrogens (tertiary/aromatic N) is 2. The van der Waals surface area contributed by atoms with E-state index in [0.717, 1.165) is 12.3 Å². The average molecular weight is 237 g/mol. The number of methoxy groups -OCH3 is 1. The maximum absolute atomic E-state index is 5.44. The van der Waals surface area contributed by atoms with Crippen LogP contribution in [0.4, 0.5) is 0 Å². The predicted molar refractivity (Wildman–Crippen MR) is 68.4 cm³/mol. The van der Waals surface area contributed by atoms with Crippen LogP contribution in [-0.4, -0.2) is 30.5 Å². The minimum atomic E-state index is 0.582. The van der Waals surface area contributed by atoms with Crippen LogP contribution in [0.5, 0.6) is 5.75 Å². The number of hydrogen-bond acceptors (Lipinski definition) is 3. The van der Waals surface area contributed by atoms with Gasteiger partial charge in [0.1, 0.15) is 0 Å². The molecule has 0 bridgehead atoms. The molecule has 1 saturated carbocycles. The summed E-state index contributed by atoms with van der Waals surface area (Å²) in [6.45, 7) is 1.08. The zero-order valence-corrected chi connectivity index (χ0v) is 11.1. The summed E-state index contributed by atoms with van der Waals surface area (Å²) in [7, 11) is 5.78. The van der Waals surface area contributed by atoms with E-state index in [9.17, 15) is 0 Å². The number of ether oxygens (including phenoxy) is 1. The first-order valence-corrected chi connectivity index (χ1v) is 6.48. The molecule has 1 N–H and O–H groups in total. The lowest BCUT2D eigenvalue weighted by atomic mass is 9.77. The molecule has 1 aliphatic carbocycles. The van der Waals surface area contributed by atoms with E-state index in [1.54, 1.807) is 7.11 Å². The molecule has 2 atom stereocenters. The lowest BCUT2D eigenvalue weighted by Gasteiger charge is -2.31. The van der Waals surface area contributed by atoms with E-state index in [1.165, 1.54) is 31.4 Å². The van der Waals surface area contributed by atoms with Gasteiger partial charge in [0, 0.05) is 13.0 Å². The molecule has 0 amide bonds. The third-order valence-electron chi connectivity index (χ3n) is 3.90. The van der Waals surface area contributed by atoms with Gasteiger partial charge >= 0.3 is 0 Å². The van der Waals surface area contributed by atoms with Crippen molar-refractivity contribution < 1.29 is 4.74 Å². The third kappa shape index (κ3) is 2.46. The predicted octanol–water partition coefficient (Wildman–Crippen LogP) is 1.92. The summed E-state index contributed by atoms with van der Waals surface area (Å²) in [5.41, 5.74) is 1.27. The molecule has 1 aliphatic rings. The summed E-state index contributed by atoms with van der Waals surface area (Å²) in [4.78, 5) is 0. The van der Waals surface area contributed by atoms with E-state index in [2.05, 4.69) is 10.4 Å². The lowest BCUT2D eigenvalue weighted by Crippen LogP contribution is -2.28. The summed E-state index contributed by atoms with van der Waals surface area (Å²) in [6, 6.07) is 0. The number of hydrogen-bond donors (Lipinski definition) is 1. The molecule has 96 valence electrons. The van der Waals surface area contributed by atoms with Crippen molar-refractivity contribution >= 4 is 0 Å². The molecule has 4 nitrogen and oxygen atoms in total. The Hall–Kier alpha value is -1.03. The Morgan fingerprint density at radius 1 is 1.47 bits per heavy atom. The van der Waals surface area contributed by atoms with E-state index in [0.29, 0.717) is 11.8 Å². The highest BCUT2D eigenvalue weighted by Gasteiger charge is 2.30. The van der Waals surface area contributed by atoms with Crippen molar-refractivity contribution in [3.05, 3.63) is 11.9 Å². The molecule has 1 aromatic rings. The van der Waals surface area contributed by atoms with Crippen LogP contribution in [0.2, 0.25) is 0 Å². The minimum absolute atomic E-state index is 0.582. The first kappa shape index (κ1) is 12.4. The standard InChI is InChI=1S/C13H23N3O/c1-14-8-10-6-4-5-7-11(10)13-12(17-3)9-15-16(13)2/h9-11,14H,4-8H2,1-3H3. The molecule has 0 saturated heterocycles. The van der Waals surface area contributed by atoms with Gasteiger partial charge in [-0.25, -0.2) is 0 Å². The second-order valence-corrected chi connectivity index (χ2v) is 4.93. The van der Waals surface area contributed by atoms with Crippen LogP contribution >= 0.6 is 0 Å². The van der Waals surface area contributed by atoms with Crippen LogP contribution in [0.25, 0.3) is 0 Å². The molecular formula is C13H23N3O. The van der Waals surface area contributed by atoms with E-state index in [1.807, 2.05) is 25.0 Å².